The van der Waals surface area contributed by atoms with Gasteiger partial charge < -0.3 is 0 Å². The van der Waals surface area contributed by atoms with Crippen molar-refractivity contribution in [2.45, 2.75) is 0 Å². The summed E-state index contributed by atoms with van der Waals surface area (Å²) >= 11 is 0. The van der Waals surface area contributed by atoms with E-state index >= 15 is 0 Å². The Hall–Kier alpha value is -1.07. The summed E-state index contributed by atoms with van der Waals surface area (Å²) in [4.78, 5) is 0. The fourth-order valence-corrected chi connectivity index (χ4v) is 1.01. The first kappa shape index (κ1) is 9.02. The maximum Gasteiger partial charge on any atom is 0.277 e. The summed E-state index contributed by atoms with van der Waals surface area (Å²) in [5, 5.41) is 1.13. The molecule has 65 valence electrons. The van der Waals surface area contributed by atoms with Crippen molar-refractivity contribution in [1.29, 1.82) is 0 Å². The molecule has 4 nitrogen and oxygen atoms in total. The lowest BCUT2D eigenvalue weighted by Gasteiger charge is -2.12. The van der Waals surface area contributed by atoms with Gasteiger partial charge in [0, 0.05) is 13.1 Å². The van der Waals surface area contributed by atoms with Crippen LogP contribution in [-0.4, -0.2) is 15.5 Å². The van der Waals surface area contributed by atoms with Crippen molar-refractivity contribution in [3.63, 3.8) is 0 Å². The minimum absolute atomic E-state index is 0.566. The lowest BCUT2D eigenvalue weighted by molar-refractivity contribution is 0.320. The third kappa shape index (κ3) is 2.52. The highest BCUT2D eigenvalue weighted by Gasteiger charge is 1.99. The lowest BCUT2D eigenvalue weighted by Crippen LogP contribution is -2.16. The molecule has 0 saturated heterocycles. The van der Waals surface area contributed by atoms with Crippen LogP contribution in [0.1, 0.15) is 0 Å². The van der Waals surface area contributed by atoms with Crippen molar-refractivity contribution in [3.8, 4) is 0 Å². The van der Waals surface area contributed by atoms with Gasteiger partial charge in [0.25, 0.3) is 11.0 Å². The van der Waals surface area contributed by atoms with Gasteiger partial charge in [-0.25, -0.2) is 13.5 Å². The fraction of sp³-hybridized carbons (Fsp3) is 0.143. The van der Waals surface area contributed by atoms with Crippen molar-refractivity contribution < 1.29 is 12.7 Å². The van der Waals surface area contributed by atoms with Gasteiger partial charge in [0.05, 0.1) is 5.69 Å². The van der Waals surface area contributed by atoms with E-state index in [1.165, 1.54) is 7.05 Å². The highest BCUT2D eigenvalue weighted by molar-refractivity contribution is 7.67. The number of thiol groups is 1. The average molecular weight is 186 g/mol. The van der Waals surface area contributed by atoms with E-state index in [2.05, 4.69) is 10.4 Å². The van der Waals surface area contributed by atoms with Crippen LogP contribution in [0.4, 0.5) is 5.69 Å². The highest BCUT2D eigenvalue weighted by Crippen LogP contribution is 2.09. The second-order valence-electron chi connectivity index (χ2n) is 2.05. The summed E-state index contributed by atoms with van der Waals surface area (Å²) in [5.74, 6) is 0. The second-order valence-corrected chi connectivity index (χ2v) is 2.66. The van der Waals surface area contributed by atoms with Crippen LogP contribution in [0, 0.1) is 6.07 Å². The van der Waals surface area contributed by atoms with Crippen LogP contribution in [-0.2, 0) is 15.3 Å². The summed E-state index contributed by atoms with van der Waals surface area (Å²) in [7, 11) is -1.36. The largest absolute Gasteiger partial charge is 0.277 e. The first-order valence-electron chi connectivity index (χ1n) is 3.23. The van der Waals surface area contributed by atoms with Crippen molar-refractivity contribution in [2.24, 2.45) is 0 Å². The molecule has 0 saturated carbocycles. The zero-order chi connectivity index (χ0) is 8.97. The number of anilines is 1. The van der Waals surface area contributed by atoms with Crippen molar-refractivity contribution >= 4 is 16.7 Å². The molecular formula is C7H8NO3S. The van der Waals surface area contributed by atoms with E-state index < -0.39 is 11.0 Å². The predicted molar refractivity (Wildman–Crippen MR) is 45.1 cm³/mol. The van der Waals surface area contributed by atoms with E-state index in [1.54, 1.807) is 24.3 Å². The number of hydrogen-bond donors (Lipinski definition) is 1. The van der Waals surface area contributed by atoms with Gasteiger partial charge in [-0.3, -0.25) is 0 Å². The lowest BCUT2D eigenvalue weighted by atomic mass is 10.3. The van der Waals surface area contributed by atoms with Gasteiger partial charge in [-0.15, -0.1) is 0 Å². The minimum atomic E-state index is -2.86. The Morgan fingerprint density at radius 2 is 2.25 bits per heavy atom. The molecule has 0 aliphatic carbocycles. The van der Waals surface area contributed by atoms with E-state index in [0.29, 0.717) is 5.69 Å². The molecular weight excluding hydrogens is 178 g/mol. The van der Waals surface area contributed by atoms with Gasteiger partial charge in [0.1, 0.15) is 0 Å². The minimum Gasteiger partial charge on any atom is -0.239 e. The molecule has 1 rings (SSSR count). The van der Waals surface area contributed by atoms with E-state index in [9.17, 15) is 8.42 Å². The zero-order valence-corrected chi connectivity index (χ0v) is 7.32. The molecule has 1 radical (unpaired) electrons. The SMILES string of the molecule is CN(O[SH](=O)=O)c1[c]cccc1. The Balaban J connectivity index is 2.71. The third-order valence-electron chi connectivity index (χ3n) is 1.22. The maximum absolute atomic E-state index is 10.1. The normalized spacial score (nSPS) is 10.2. The number of nitrogens with zero attached hydrogens (tertiary/aromatic N) is 1. The average Bonchev–Trinajstić information content (AvgIpc) is 2.05. The Morgan fingerprint density at radius 1 is 1.50 bits per heavy atom. The van der Waals surface area contributed by atoms with Crippen molar-refractivity contribution in [2.75, 3.05) is 12.1 Å². The molecule has 5 heteroatoms. The van der Waals surface area contributed by atoms with Crippen molar-refractivity contribution in [1.82, 2.24) is 0 Å². The Kier molecular flexibility index (Phi) is 3.07. The van der Waals surface area contributed by atoms with Crippen LogP contribution in [0.15, 0.2) is 24.3 Å². The van der Waals surface area contributed by atoms with Crippen LogP contribution in [0.3, 0.4) is 0 Å². The van der Waals surface area contributed by atoms with Gasteiger partial charge in [-0.05, 0) is 6.07 Å². The number of para-hydroxylation sites is 1. The van der Waals surface area contributed by atoms with Gasteiger partial charge in [-0.1, -0.05) is 18.2 Å². The molecule has 0 aliphatic rings. The maximum atomic E-state index is 10.1. The van der Waals surface area contributed by atoms with E-state index in [0.717, 1.165) is 5.06 Å². The molecule has 0 N–H and O–H groups in total. The van der Waals surface area contributed by atoms with Crippen LogP contribution in [0.25, 0.3) is 0 Å². The first-order valence-corrected chi connectivity index (χ1v) is 4.32. The zero-order valence-electron chi connectivity index (χ0n) is 6.43. The summed E-state index contributed by atoms with van der Waals surface area (Å²) in [6.07, 6.45) is 0. The van der Waals surface area contributed by atoms with Crippen LogP contribution in [0.5, 0.6) is 0 Å². The predicted octanol–water partition coefficient (Wildman–Crippen LogP) is 0.381. The molecule has 0 atom stereocenters. The van der Waals surface area contributed by atoms with Gasteiger partial charge in [0.15, 0.2) is 0 Å². The molecule has 1 aromatic carbocycles. The topological polar surface area (TPSA) is 46.6 Å². The van der Waals surface area contributed by atoms with E-state index in [1.807, 2.05) is 0 Å². The fourth-order valence-electron chi connectivity index (χ4n) is 0.724. The highest BCUT2D eigenvalue weighted by atomic mass is 32.2. The van der Waals surface area contributed by atoms with Crippen molar-refractivity contribution in [3.05, 3.63) is 30.3 Å². The smallest absolute Gasteiger partial charge is 0.239 e. The Bertz CT molecular complexity index is 302. The quantitative estimate of drug-likeness (QED) is 0.547. The molecule has 12 heavy (non-hydrogen) atoms. The van der Waals surface area contributed by atoms with Gasteiger partial charge in [-0.2, -0.15) is 4.28 Å². The second kappa shape index (κ2) is 4.08. The summed E-state index contributed by atoms with van der Waals surface area (Å²) in [6, 6.07) is 9.73. The molecule has 0 fully saturated rings. The van der Waals surface area contributed by atoms with Gasteiger partial charge in [0.2, 0.25) is 0 Å². The molecule has 1 aromatic rings. The molecule has 0 spiro atoms. The number of hydrogen-bond acceptors (Lipinski definition) is 4. The molecule has 0 aliphatic heterocycles. The summed E-state index contributed by atoms with van der Waals surface area (Å²) in [5.41, 5.74) is 0.566. The number of benzene rings is 1. The van der Waals surface area contributed by atoms with E-state index in [-0.39, 0.29) is 0 Å². The molecule has 0 unspecified atom stereocenters. The number of rotatable bonds is 3. The molecule has 0 heterocycles. The number of hydroxylamine groups is 1. The third-order valence-corrected chi connectivity index (χ3v) is 1.60. The van der Waals surface area contributed by atoms with Gasteiger partial charge >= 0.3 is 0 Å². The molecule has 0 bridgehead atoms. The Morgan fingerprint density at radius 3 is 2.75 bits per heavy atom. The van der Waals surface area contributed by atoms with Crippen LogP contribution < -0.4 is 5.06 Å². The molecule has 0 aromatic heterocycles. The van der Waals surface area contributed by atoms with E-state index in [4.69, 9.17) is 0 Å². The summed E-state index contributed by atoms with van der Waals surface area (Å²) < 4.78 is 24.7. The monoisotopic (exact) mass is 186 g/mol. The van der Waals surface area contributed by atoms with Crippen LogP contribution >= 0.6 is 0 Å². The Labute approximate surface area is 72.5 Å². The first-order chi connectivity index (χ1) is 5.70. The standard InChI is InChI=1S/C7H8NO3S/c1-8(11-12(9)10)7-5-3-2-4-6-7/h2-5,12H,1H3. The van der Waals surface area contributed by atoms with Crippen LogP contribution in [0.2, 0.25) is 0 Å². The molecule has 0 amide bonds. The summed E-state index contributed by atoms with van der Waals surface area (Å²) in [6.45, 7) is 0.